The summed E-state index contributed by atoms with van der Waals surface area (Å²) in [6.07, 6.45) is 3.63. The third kappa shape index (κ3) is 3.80. The van der Waals surface area contributed by atoms with Crippen molar-refractivity contribution in [2.75, 3.05) is 13.1 Å². The summed E-state index contributed by atoms with van der Waals surface area (Å²) in [7, 11) is 0. The number of benzene rings is 1. The smallest absolute Gasteiger partial charge is 0.0221 e. The van der Waals surface area contributed by atoms with E-state index in [2.05, 4.69) is 61.3 Å². The Hall–Kier alpha value is -0.860. The van der Waals surface area contributed by atoms with Crippen molar-refractivity contribution in [3.05, 3.63) is 35.9 Å². The van der Waals surface area contributed by atoms with E-state index >= 15 is 0 Å². The second-order valence-electron chi connectivity index (χ2n) is 5.81. The zero-order valence-corrected chi connectivity index (χ0v) is 12.6. The molecular formula is C17H28N2. The molecule has 0 bridgehead atoms. The Morgan fingerprint density at radius 3 is 2.58 bits per heavy atom. The Labute approximate surface area is 118 Å². The van der Waals surface area contributed by atoms with Gasteiger partial charge in [0.2, 0.25) is 0 Å². The van der Waals surface area contributed by atoms with Crippen LogP contribution >= 0.6 is 0 Å². The highest BCUT2D eigenvalue weighted by atomic mass is 15.2. The van der Waals surface area contributed by atoms with E-state index in [1.54, 1.807) is 0 Å². The molecule has 1 fully saturated rings. The molecule has 3 atom stereocenters. The van der Waals surface area contributed by atoms with Crippen LogP contribution in [-0.4, -0.2) is 36.1 Å². The van der Waals surface area contributed by atoms with Crippen LogP contribution in [-0.2, 0) is 6.42 Å². The summed E-state index contributed by atoms with van der Waals surface area (Å²) in [4.78, 5) is 2.72. The third-order valence-corrected chi connectivity index (χ3v) is 4.45. The van der Waals surface area contributed by atoms with Crippen LogP contribution in [0.1, 0.15) is 39.2 Å². The van der Waals surface area contributed by atoms with Crippen LogP contribution < -0.4 is 5.32 Å². The minimum absolute atomic E-state index is 0.628. The summed E-state index contributed by atoms with van der Waals surface area (Å²) in [5.74, 6) is 0. The van der Waals surface area contributed by atoms with Crippen molar-refractivity contribution in [3.63, 3.8) is 0 Å². The number of hydrogen-bond donors (Lipinski definition) is 1. The van der Waals surface area contributed by atoms with Gasteiger partial charge in [-0.3, -0.25) is 4.90 Å². The summed E-state index contributed by atoms with van der Waals surface area (Å²) in [6, 6.07) is 12.9. The molecular weight excluding hydrogens is 232 g/mol. The molecule has 0 aromatic heterocycles. The second-order valence-corrected chi connectivity index (χ2v) is 5.81. The molecule has 0 radical (unpaired) electrons. The van der Waals surface area contributed by atoms with Gasteiger partial charge in [0, 0.05) is 31.2 Å². The largest absolute Gasteiger partial charge is 0.311 e. The van der Waals surface area contributed by atoms with Gasteiger partial charge in [0.25, 0.3) is 0 Å². The lowest BCUT2D eigenvalue weighted by Crippen LogP contribution is -2.58. The van der Waals surface area contributed by atoms with Gasteiger partial charge in [0.15, 0.2) is 0 Å². The molecule has 2 rings (SSSR count). The molecule has 1 aliphatic heterocycles. The van der Waals surface area contributed by atoms with Gasteiger partial charge >= 0.3 is 0 Å². The molecule has 1 saturated heterocycles. The van der Waals surface area contributed by atoms with E-state index < -0.39 is 0 Å². The van der Waals surface area contributed by atoms with Crippen molar-refractivity contribution >= 4 is 0 Å². The molecule has 0 saturated carbocycles. The van der Waals surface area contributed by atoms with Gasteiger partial charge in [-0.25, -0.2) is 0 Å². The van der Waals surface area contributed by atoms with E-state index in [4.69, 9.17) is 0 Å². The average Bonchev–Trinajstić information content (AvgIpc) is 2.47. The molecule has 1 aromatic carbocycles. The highest BCUT2D eigenvalue weighted by molar-refractivity contribution is 5.16. The van der Waals surface area contributed by atoms with Gasteiger partial charge in [-0.05, 0) is 31.7 Å². The van der Waals surface area contributed by atoms with E-state index in [9.17, 15) is 0 Å². The summed E-state index contributed by atoms with van der Waals surface area (Å²) in [5, 5.41) is 3.68. The van der Waals surface area contributed by atoms with Crippen molar-refractivity contribution in [2.45, 2.75) is 58.2 Å². The maximum atomic E-state index is 3.68. The lowest BCUT2D eigenvalue weighted by Gasteiger charge is -2.43. The molecule has 1 aliphatic rings. The Morgan fingerprint density at radius 1 is 1.21 bits per heavy atom. The first-order valence-corrected chi connectivity index (χ1v) is 7.77. The molecule has 106 valence electrons. The van der Waals surface area contributed by atoms with Crippen molar-refractivity contribution in [3.8, 4) is 0 Å². The highest BCUT2D eigenvalue weighted by Gasteiger charge is 2.29. The number of hydrogen-bond acceptors (Lipinski definition) is 2. The quantitative estimate of drug-likeness (QED) is 0.875. The topological polar surface area (TPSA) is 15.3 Å². The van der Waals surface area contributed by atoms with Gasteiger partial charge in [0.05, 0.1) is 0 Å². The zero-order chi connectivity index (χ0) is 13.7. The van der Waals surface area contributed by atoms with Crippen molar-refractivity contribution < 1.29 is 0 Å². The van der Waals surface area contributed by atoms with Crippen molar-refractivity contribution in [1.29, 1.82) is 0 Å². The third-order valence-electron chi connectivity index (χ3n) is 4.45. The van der Waals surface area contributed by atoms with E-state index in [1.165, 1.54) is 24.9 Å². The maximum absolute atomic E-state index is 3.68. The van der Waals surface area contributed by atoms with Gasteiger partial charge in [-0.15, -0.1) is 0 Å². The lowest BCUT2D eigenvalue weighted by molar-refractivity contribution is 0.0851. The van der Waals surface area contributed by atoms with Gasteiger partial charge in [-0.1, -0.05) is 44.2 Å². The fraction of sp³-hybridized carbons (Fsp3) is 0.647. The first kappa shape index (κ1) is 14.5. The molecule has 0 spiro atoms. The molecule has 1 aromatic rings. The van der Waals surface area contributed by atoms with Crippen LogP contribution in [0.5, 0.6) is 0 Å². The Morgan fingerprint density at radius 2 is 1.95 bits per heavy atom. The van der Waals surface area contributed by atoms with Crippen LogP contribution in [0, 0.1) is 0 Å². The summed E-state index contributed by atoms with van der Waals surface area (Å²) in [5.41, 5.74) is 1.46. The predicted molar refractivity (Wildman–Crippen MR) is 82.5 cm³/mol. The number of rotatable bonds is 5. The monoisotopic (exact) mass is 260 g/mol. The number of piperazine rings is 1. The van der Waals surface area contributed by atoms with E-state index in [-0.39, 0.29) is 0 Å². The Bertz CT molecular complexity index is 363. The highest BCUT2D eigenvalue weighted by Crippen LogP contribution is 2.18. The average molecular weight is 260 g/mol. The van der Waals surface area contributed by atoms with E-state index in [0.717, 1.165) is 13.0 Å². The predicted octanol–water partition coefficient (Wildman–Crippen LogP) is 3.08. The fourth-order valence-corrected chi connectivity index (χ4v) is 3.15. The molecule has 19 heavy (non-hydrogen) atoms. The Kier molecular flexibility index (Phi) is 5.41. The molecule has 1 heterocycles. The van der Waals surface area contributed by atoms with Crippen LogP contribution in [0.3, 0.4) is 0 Å². The maximum Gasteiger partial charge on any atom is 0.0221 e. The van der Waals surface area contributed by atoms with Gasteiger partial charge in [-0.2, -0.15) is 0 Å². The molecule has 2 heteroatoms. The number of nitrogens with one attached hydrogen (secondary N) is 1. The van der Waals surface area contributed by atoms with Gasteiger partial charge in [0.1, 0.15) is 0 Å². The first-order valence-electron chi connectivity index (χ1n) is 7.77. The zero-order valence-electron chi connectivity index (χ0n) is 12.6. The summed E-state index contributed by atoms with van der Waals surface area (Å²) < 4.78 is 0. The van der Waals surface area contributed by atoms with Crippen LogP contribution in [0.15, 0.2) is 30.3 Å². The van der Waals surface area contributed by atoms with Crippen LogP contribution in [0.2, 0.25) is 0 Å². The minimum atomic E-state index is 0.628. The molecule has 0 aliphatic carbocycles. The van der Waals surface area contributed by atoms with Crippen molar-refractivity contribution in [2.24, 2.45) is 0 Å². The fourth-order valence-electron chi connectivity index (χ4n) is 3.15. The van der Waals surface area contributed by atoms with Crippen LogP contribution in [0.4, 0.5) is 0 Å². The summed E-state index contributed by atoms with van der Waals surface area (Å²) in [6.45, 7) is 9.32. The molecule has 1 N–H and O–H groups in total. The molecule has 3 unspecified atom stereocenters. The van der Waals surface area contributed by atoms with Gasteiger partial charge < -0.3 is 5.32 Å². The first-order chi connectivity index (χ1) is 9.24. The van der Waals surface area contributed by atoms with E-state index in [0.29, 0.717) is 18.1 Å². The summed E-state index contributed by atoms with van der Waals surface area (Å²) >= 11 is 0. The standard InChI is InChI=1S/C17H28N2/c1-4-16-13-19(17(5-2)12-18-16)14(3)11-15-9-7-6-8-10-15/h6-10,14,16-18H,4-5,11-13H2,1-3H3. The van der Waals surface area contributed by atoms with Crippen molar-refractivity contribution in [1.82, 2.24) is 10.2 Å². The SMILES string of the molecule is CCC1CN(C(C)Cc2ccccc2)C(CC)CN1. The molecule has 0 amide bonds. The van der Waals surface area contributed by atoms with E-state index in [1.807, 2.05) is 0 Å². The Balaban J connectivity index is 2.00. The second kappa shape index (κ2) is 7.06. The normalized spacial score (nSPS) is 26.3. The minimum Gasteiger partial charge on any atom is -0.311 e. The number of nitrogens with zero attached hydrogens (tertiary/aromatic N) is 1. The molecule has 2 nitrogen and oxygen atoms in total. The van der Waals surface area contributed by atoms with Crippen LogP contribution in [0.25, 0.3) is 0 Å². The lowest BCUT2D eigenvalue weighted by atomic mass is 9.99.